The molecule has 1 aromatic carbocycles. The summed E-state index contributed by atoms with van der Waals surface area (Å²) in [4.78, 5) is 23.6. The van der Waals surface area contributed by atoms with Gasteiger partial charge in [-0.05, 0) is 36.2 Å². The summed E-state index contributed by atoms with van der Waals surface area (Å²) in [7, 11) is 1.82. The molecular formula is C16H19N3O3. The van der Waals surface area contributed by atoms with Gasteiger partial charge in [0.15, 0.2) is 0 Å². The molecule has 0 spiro atoms. The highest BCUT2D eigenvalue weighted by Crippen LogP contribution is 2.18. The van der Waals surface area contributed by atoms with Crippen molar-refractivity contribution in [2.75, 3.05) is 0 Å². The molecule has 6 nitrogen and oxygen atoms in total. The SMILES string of the molecule is CC[C@H](NC(=O)c1cccn1C)c1ccc(C(=O)NO)cc1. The van der Waals surface area contributed by atoms with Crippen LogP contribution in [0.25, 0.3) is 0 Å². The summed E-state index contributed by atoms with van der Waals surface area (Å²) in [6.45, 7) is 1.98. The number of hydrogen-bond donors (Lipinski definition) is 3. The van der Waals surface area contributed by atoms with Gasteiger partial charge < -0.3 is 9.88 Å². The Morgan fingerprint density at radius 2 is 1.86 bits per heavy atom. The van der Waals surface area contributed by atoms with Crippen molar-refractivity contribution in [3.05, 3.63) is 59.4 Å². The first kappa shape index (κ1) is 15.8. The van der Waals surface area contributed by atoms with Crippen LogP contribution < -0.4 is 10.8 Å². The molecule has 2 rings (SSSR count). The maximum Gasteiger partial charge on any atom is 0.274 e. The van der Waals surface area contributed by atoms with Crippen molar-refractivity contribution >= 4 is 11.8 Å². The van der Waals surface area contributed by atoms with E-state index in [1.807, 2.05) is 26.2 Å². The van der Waals surface area contributed by atoms with Crippen LogP contribution in [0.2, 0.25) is 0 Å². The van der Waals surface area contributed by atoms with Gasteiger partial charge >= 0.3 is 0 Å². The van der Waals surface area contributed by atoms with Crippen molar-refractivity contribution < 1.29 is 14.8 Å². The summed E-state index contributed by atoms with van der Waals surface area (Å²) in [5, 5.41) is 11.6. The van der Waals surface area contributed by atoms with E-state index in [-0.39, 0.29) is 11.9 Å². The van der Waals surface area contributed by atoms with Crippen molar-refractivity contribution in [2.24, 2.45) is 7.05 Å². The molecule has 3 N–H and O–H groups in total. The number of benzene rings is 1. The maximum atomic E-state index is 12.3. The molecule has 1 atom stereocenters. The van der Waals surface area contributed by atoms with Crippen LogP contribution in [0.1, 0.15) is 45.8 Å². The zero-order valence-electron chi connectivity index (χ0n) is 12.5. The molecular weight excluding hydrogens is 282 g/mol. The lowest BCUT2D eigenvalue weighted by atomic mass is 10.0. The molecule has 1 heterocycles. The molecule has 0 saturated carbocycles. The number of hydrogen-bond acceptors (Lipinski definition) is 3. The average molecular weight is 301 g/mol. The van der Waals surface area contributed by atoms with Gasteiger partial charge in [0.25, 0.3) is 11.8 Å². The van der Waals surface area contributed by atoms with E-state index < -0.39 is 5.91 Å². The van der Waals surface area contributed by atoms with E-state index in [1.165, 1.54) is 0 Å². The number of carbonyl (C=O) groups is 2. The fourth-order valence-corrected chi connectivity index (χ4v) is 2.28. The summed E-state index contributed by atoms with van der Waals surface area (Å²) in [5.74, 6) is -0.705. The number of hydroxylamine groups is 1. The lowest BCUT2D eigenvalue weighted by Crippen LogP contribution is -2.29. The van der Waals surface area contributed by atoms with Gasteiger partial charge in [0.05, 0.1) is 6.04 Å². The van der Waals surface area contributed by atoms with Crippen molar-refractivity contribution in [2.45, 2.75) is 19.4 Å². The van der Waals surface area contributed by atoms with Crippen LogP contribution >= 0.6 is 0 Å². The number of rotatable bonds is 5. The molecule has 0 saturated heterocycles. The lowest BCUT2D eigenvalue weighted by Gasteiger charge is -2.18. The third-order valence-electron chi connectivity index (χ3n) is 3.57. The largest absolute Gasteiger partial charge is 0.347 e. The average Bonchev–Trinajstić information content (AvgIpc) is 2.98. The number of amides is 2. The predicted octanol–water partition coefficient (Wildman–Crippen LogP) is 2.03. The standard InChI is InChI=1S/C16H19N3O3/c1-3-13(17-16(21)14-5-4-10-19(14)2)11-6-8-12(9-7-11)15(20)18-22/h4-10,13,22H,3H2,1-2H3,(H,17,21)(H,18,20)/t13-/m0/s1. The Kier molecular flexibility index (Phi) is 4.95. The van der Waals surface area contributed by atoms with Crippen LogP contribution in [-0.4, -0.2) is 21.6 Å². The monoisotopic (exact) mass is 301 g/mol. The fraction of sp³-hybridized carbons (Fsp3) is 0.250. The Balaban J connectivity index is 2.13. The van der Waals surface area contributed by atoms with Gasteiger partial charge in [0.1, 0.15) is 5.69 Å². The summed E-state index contributed by atoms with van der Waals surface area (Å²) in [6.07, 6.45) is 2.54. The van der Waals surface area contributed by atoms with E-state index in [9.17, 15) is 9.59 Å². The van der Waals surface area contributed by atoms with Crippen LogP contribution in [0, 0.1) is 0 Å². The maximum absolute atomic E-state index is 12.3. The fourth-order valence-electron chi connectivity index (χ4n) is 2.28. The number of carbonyl (C=O) groups excluding carboxylic acids is 2. The molecule has 2 amide bonds. The van der Waals surface area contributed by atoms with Crippen LogP contribution in [0.15, 0.2) is 42.6 Å². The summed E-state index contributed by atoms with van der Waals surface area (Å²) in [5.41, 5.74) is 3.44. The van der Waals surface area contributed by atoms with E-state index in [0.717, 1.165) is 12.0 Å². The van der Waals surface area contributed by atoms with Crippen molar-refractivity contribution in [3.8, 4) is 0 Å². The first-order valence-corrected chi connectivity index (χ1v) is 7.03. The van der Waals surface area contributed by atoms with Gasteiger partial charge in [-0.25, -0.2) is 5.48 Å². The minimum atomic E-state index is -0.563. The molecule has 22 heavy (non-hydrogen) atoms. The lowest BCUT2D eigenvalue weighted by molar-refractivity contribution is 0.0706. The first-order chi connectivity index (χ1) is 10.6. The Morgan fingerprint density at radius 1 is 1.18 bits per heavy atom. The van der Waals surface area contributed by atoms with Gasteiger partial charge in [0, 0.05) is 18.8 Å². The molecule has 0 aliphatic rings. The minimum Gasteiger partial charge on any atom is -0.347 e. The Labute approximate surface area is 128 Å². The Hall–Kier alpha value is -2.60. The second-order valence-electron chi connectivity index (χ2n) is 5.00. The molecule has 1 aromatic heterocycles. The van der Waals surface area contributed by atoms with Gasteiger partial charge in [0.2, 0.25) is 0 Å². The van der Waals surface area contributed by atoms with Crippen molar-refractivity contribution in [1.82, 2.24) is 15.4 Å². The topological polar surface area (TPSA) is 83.4 Å². The molecule has 0 aliphatic heterocycles. The van der Waals surface area contributed by atoms with E-state index in [1.54, 1.807) is 40.4 Å². The van der Waals surface area contributed by atoms with Gasteiger partial charge in [-0.15, -0.1) is 0 Å². The van der Waals surface area contributed by atoms with E-state index >= 15 is 0 Å². The molecule has 116 valence electrons. The molecule has 0 radical (unpaired) electrons. The molecule has 0 bridgehead atoms. The van der Waals surface area contributed by atoms with E-state index in [2.05, 4.69) is 5.32 Å². The highest BCUT2D eigenvalue weighted by Gasteiger charge is 2.16. The van der Waals surface area contributed by atoms with E-state index in [0.29, 0.717) is 11.3 Å². The second kappa shape index (κ2) is 6.91. The summed E-state index contributed by atoms with van der Waals surface area (Å²) in [6, 6.07) is 10.2. The van der Waals surface area contributed by atoms with E-state index in [4.69, 9.17) is 5.21 Å². The molecule has 6 heteroatoms. The van der Waals surface area contributed by atoms with Crippen molar-refractivity contribution in [1.29, 1.82) is 0 Å². The summed E-state index contributed by atoms with van der Waals surface area (Å²) >= 11 is 0. The summed E-state index contributed by atoms with van der Waals surface area (Å²) < 4.78 is 1.76. The number of nitrogens with zero attached hydrogens (tertiary/aromatic N) is 1. The van der Waals surface area contributed by atoms with Crippen LogP contribution in [0.5, 0.6) is 0 Å². The minimum absolute atomic E-state index is 0.142. The van der Waals surface area contributed by atoms with Crippen LogP contribution in [0.3, 0.4) is 0 Å². The number of aromatic nitrogens is 1. The number of aryl methyl sites for hydroxylation is 1. The molecule has 0 fully saturated rings. The highest BCUT2D eigenvalue weighted by atomic mass is 16.5. The zero-order chi connectivity index (χ0) is 16.1. The van der Waals surface area contributed by atoms with Crippen molar-refractivity contribution in [3.63, 3.8) is 0 Å². The molecule has 0 unspecified atom stereocenters. The second-order valence-corrected chi connectivity index (χ2v) is 5.00. The third-order valence-corrected chi connectivity index (χ3v) is 3.57. The Morgan fingerprint density at radius 3 is 2.36 bits per heavy atom. The molecule has 2 aromatic rings. The normalized spacial score (nSPS) is 11.8. The van der Waals surface area contributed by atoms with Crippen LogP contribution in [-0.2, 0) is 7.05 Å². The quantitative estimate of drug-likeness (QED) is 0.583. The smallest absolute Gasteiger partial charge is 0.274 e. The first-order valence-electron chi connectivity index (χ1n) is 7.03. The van der Waals surface area contributed by atoms with Gasteiger partial charge in [-0.3, -0.25) is 14.8 Å². The highest BCUT2D eigenvalue weighted by molar-refractivity contribution is 5.94. The zero-order valence-corrected chi connectivity index (χ0v) is 12.5. The predicted molar refractivity (Wildman–Crippen MR) is 81.6 cm³/mol. The molecule has 0 aliphatic carbocycles. The third kappa shape index (κ3) is 3.35. The van der Waals surface area contributed by atoms with Gasteiger partial charge in [-0.2, -0.15) is 0 Å². The number of nitrogens with one attached hydrogen (secondary N) is 2. The Bertz CT molecular complexity index is 662. The van der Waals surface area contributed by atoms with Gasteiger partial charge in [-0.1, -0.05) is 19.1 Å². The van der Waals surface area contributed by atoms with Crippen LogP contribution in [0.4, 0.5) is 0 Å².